The van der Waals surface area contributed by atoms with Crippen LogP contribution < -0.4 is 10.6 Å². The van der Waals surface area contributed by atoms with Crippen molar-refractivity contribution in [1.82, 2.24) is 4.31 Å². The zero-order valence-electron chi connectivity index (χ0n) is 12.8. The molecule has 1 atom stereocenters. The monoisotopic (exact) mass is 311 g/mol. The van der Waals surface area contributed by atoms with Crippen LogP contribution in [0.1, 0.15) is 19.3 Å². The van der Waals surface area contributed by atoms with Crippen LogP contribution >= 0.6 is 0 Å². The minimum atomic E-state index is -3.42. The first-order chi connectivity index (χ1) is 9.96. The van der Waals surface area contributed by atoms with Crippen molar-refractivity contribution in [3.63, 3.8) is 0 Å². The second-order valence-electron chi connectivity index (χ2n) is 5.79. The fourth-order valence-electron chi connectivity index (χ4n) is 2.89. The lowest BCUT2D eigenvalue weighted by molar-refractivity contribution is 0.394. The second kappa shape index (κ2) is 6.77. The van der Waals surface area contributed by atoms with Gasteiger partial charge in [0.1, 0.15) is 4.90 Å². The Morgan fingerprint density at radius 3 is 2.71 bits per heavy atom. The van der Waals surface area contributed by atoms with Crippen molar-refractivity contribution in [3.05, 3.63) is 24.3 Å². The van der Waals surface area contributed by atoms with E-state index in [2.05, 4.69) is 4.90 Å². The van der Waals surface area contributed by atoms with E-state index in [0.29, 0.717) is 17.4 Å². The number of nitrogens with zero attached hydrogens (tertiary/aromatic N) is 2. The van der Waals surface area contributed by atoms with Gasteiger partial charge in [0.15, 0.2) is 0 Å². The summed E-state index contributed by atoms with van der Waals surface area (Å²) in [4.78, 5) is 2.59. The van der Waals surface area contributed by atoms with Gasteiger partial charge >= 0.3 is 0 Å². The van der Waals surface area contributed by atoms with Crippen molar-refractivity contribution in [2.75, 3.05) is 38.6 Å². The van der Waals surface area contributed by atoms with Gasteiger partial charge in [0.05, 0.1) is 5.69 Å². The molecule has 1 aromatic rings. The molecule has 1 aliphatic rings. The number of nitrogens with two attached hydrogens (primary N) is 1. The number of benzene rings is 1. The molecule has 0 amide bonds. The van der Waals surface area contributed by atoms with E-state index in [1.54, 1.807) is 26.2 Å². The molecule has 0 bridgehead atoms. The molecule has 0 radical (unpaired) electrons. The molecule has 0 aromatic heterocycles. The van der Waals surface area contributed by atoms with Gasteiger partial charge in [-0.05, 0) is 43.9 Å². The molecular weight excluding hydrogens is 286 g/mol. The van der Waals surface area contributed by atoms with Gasteiger partial charge in [-0.25, -0.2) is 12.7 Å². The summed E-state index contributed by atoms with van der Waals surface area (Å²) in [6.45, 7) is 2.48. The van der Waals surface area contributed by atoms with Gasteiger partial charge in [0.2, 0.25) is 10.0 Å². The number of hydrogen-bond acceptors (Lipinski definition) is 4. The molecule has 1 fully saturated rings. The Morgan fingerprint density at radius 1 is 1.33 bits per heavy atom. The number of sulfonamides is 1. The fourth-order valence-corrected chi connectivity index (χ4v) is 3.99. The molecule has 2 rings (SSSR count). The van der Waals surface area contributed by atoms with E-state index in [9.17, 15) is 8.42 Å². The molecule has 1 unspecified atom stereocenters. The number of anilines is 1. The first-order valence-corrected chi connectivity index (χ1v) is 8.87. The Balaban J connectivity index is 2.32. The van der Waals surface area contributed by atoms with Gasteiger partial charge in [-0.1, -0.05) is 12.1 Å². The van der Waals surface area contributed by atoms with Crippen LogP contribution in [0.25, 0.3) is 0 Å². The van der Waals surface area contributed by atoms with Crippen LogP contribution in [0.5, 0.6) is 0 Å². The molecule has 0 saturated carbocycles. The third kappa shape index (κ3) is 3.56. The predicted molar refractivity (Wildman–Crippen MR) is 85.9 cm³/mol. The average Bonchev–Trinajstić information content (AvgIpc) is 2.48. The SMILES string of the molecule is CN(C)S(=O)(=O)c1ccccc1N1CCCC(CCN)C1. The van der Waals surface area contributed by atoms with Gasteiger partial charge in [0, 0.05) is 27.2 Å². The minimum Gasteiger partial charge on any atom is -0.370 e. The summed E-state index contributed by atoms with van der Waals surface area (Å²) >= 11 is 0. The lowest BCUT2D eigenvalue weighted by atomic mass is 9.94. The van der Waals surface area contributed by atoms with Crippen LogP contribution in [0.15, 0.2) is 29.2 Å². The van der Waals surface area contributed by atoms with Crippen LogP contribution in [-0.4, -0.2) is 46.5 Å². The highest BCUT2D eigenvalue weighted by atomic mass is 32.2. The lowest BCUT2D eigenvalue weighted by Crippen LogP contribution is -2.37. The predicted octanol–water partition coefficient (Wildman–Crippen LogP) is 1.50. The van der Waals surface area contributed by atoms with E-state index in [4.69, 9.17) is 5.73 Å². The van der Waals surface area contributed by atoms with Crippen molar-refractivity contribution in [2.24, 2.45) is 11.7 Å². The van der Waals surface area contributed by atoms with Crippen molar-refractivity contribution in [2.45, 2.75) is 24.2 Å². The van der Waals surface area contributed by atoms with Crippen molar-refractivity contribution >= 4 is 15.7 Å². The van der Waals surface area contributed by atoms with Gasteiger partial charge in [0.25, 0.3) is 0 Å². The fraction of sp³-hybridized carbons (Fsp3) is 0.600. The standard InChI is InChI=1S/C15H25N3O2S/c1-17(2)21(19,20)15-8-4-3-7-14(15)18-11-5-6-13(12-18)9-10-16/h3-4,7-8,13H,5-6,9-12,16H2,1-2H3. The molecule has 2 N–H and O–H groups in total. The molecule has 118 valence electrons. The van der Waals surface area contributed by atoms with E-state index >= 15 is 0 Å². The van der Waals surface area contributed by atoms with Crippen molar-refractivity contribution in [1.29, 1.82) is 0 Å². The lowest BCUT2D eigenvalue weighted by Gasteiger charge is -2.35. The quantitative estimate of drug-likeness (QED) is 0.895. The molecule has 21 heavy (non-hydrogen) atoms. The second-order valence-corrected chi connectivity index (χ2v) is 7.91. The maximum absolute atomic E-state index is 12.5. The van der Waals surface area contributed by atoms with Gasteiger partial charge in [-0.2, -0.15) is 0 Å². The third-order valence-electron chi connectivity index (χ3n) is 4.06. The first kappa shape index (κ1) is 16.3. The van der Waals surface area contributed by atoms with Crippen LogP contribution in [-0.2, 0) is 10.0 Å². The van der Waals surface area contributed by atoms with E-state index in [1.807, 2.05) is 12.1 Å². The number of para-hydroxylation sites is 1. The van der Waals surface area contributed by atoms with Gasteiger partial charge < -0.3 is 10.6 Å². The van der Waals surface area contributed by atoms with E-state index in [0.717, 1.165) is 31.6 Å². The zero-order chi connectivity index (χ0) is 15.5. The van der Waals surface area contributed by atoms with Crippen LogP contribution in [0.3, 0.4) is 0 Å². The summed E-state index contributed by atoms with van der Waals surface area (Å²) in [5.41, 5.74) is 6.47. The zero-order valence-corrected chi connectivity index (χ0v) is 13.6. The molecule has 1 aliphatic heterocycles. The summed E-state index contributed by atoms with van der Waals surface area (Å²) in [5, 5.41) is 0. The maximum atomic E-state index is 12.5. The molecule has 6 heteroatoms. The molecule has 1 aromatic carbocycles. The summed E-state index contributed by atoms with van der Waals surface area (Å²) in [5.74, 6) is 0.555. The highest BCUT2D eigenvalue weighted by Crippen LogP contribution is 2.31. The van der Waals surface area contributed by atoms with Crippen LogP contribution in [0.2, 0.25) is 0 Å². The summed E-state index contributed by atoms with van der Waals surface area (Å²) in [6.07, 6.45) is 3.26. The van der Waals surface area contributed by atoms with Crippen LogP contribution in [0.4, 0.5) is 5.69 Å². The molecular formula is C15H25N3O2S. The van der Waals surface area contributed by atoms with E-state index < -0.39 is 10.0 Å². The Hall–Kier alpha value is -1.11. The smallest absolute Gasteiger partial charge is 0.244 e. The highest BCUT2D eigenvalue weighted by Gasteiger charge is 2.26. The largest absolute Gasteiger partial charge is 0.370 e. The number of piperidine rings is 1. The third-order valence-corrected chi connectivity index (χ3v) is 5.92. The number of hydrogen-bond donors (Lipinski definition) is 1. The molecule has 0 spiro atoms. The van der Waals surface area contributed by atoms with Crippen molar-refractivity contribution < 1.29 is 8.42 Å². The summed E-state index contributed by atoms with van der Waals surface area (Å²) in [6, 6.07) is 7.27. The molecule has 1 heterocycles. The number of rotatable bonds is 5. The van der Waals surface area contributed by atoms with Crippen LogP contribution in [0, 0.1) is 5.92 Å². The topological polar surface area (TPSA) is 66.6 Å². The van der Waals surface area contributed by atoms with E-state index in [-0.39, 0.29) is 0 Å². The molecule has 5 nitrogen and oxygen atoms in total. The summed E-state index contributed by atoms with van der Waals surface area (Å²) < 4.78 is 26.2. The summed E-state index contributed by atoms with van der Waals surface area (Å²) in [7, 11) is -0.282. The Labute approximate surface area is 127 Å². The van der Waals surface area contributed by atoms with Gasteiger partial charge in [-0.15, -0.1) is 0 Å². The highest BCUT2D eigenvalue weighted by molar-refractivity contribution is 7.89. The molecule has 1 saturated heterocycles. The maximum Gasteiger partial charge on any atom is 0.244 e. The normalized spacial score (nSPS) is 20.0. The first-order valence-electron chi connectivity index (χ1n) is 7.43. The van der Waals surface area contributed by atoms with E-state index in [1.165, 1.54) is 10.7 Å². The Bertz CT molecular complexity index is 570. The average molecular weight is 311 g/mol. The molecule has 0 aliphatic carbocycles. The Morgan fingerprint density at radius 2 is 2.05 bits per heavy atom. The minimum absolute atomic E-state index is 0.392. The Kier molecular flexibility index (Phi) is 5.24. The van der Waals surface area contributed by atoms with Gasteiger partial charge in [-0.3, -0.25) is 0 Å². The van der Waals surface area contributed by atoms with Crippen molar-refractivity contribution in [3.8, 4) is 0 Å².